The molecule has 0 aliphatic rings. The van der Waals surface area contributed by atoms with Gasteiger partial charge in [0, 0.05) is 0 Å². The second kappa shape index (κ2) is 8.24. The summed E-state index contributed by atoms with van der Waals surface area (Å²) in [7, 11) is 0. The van der Waals surface area contributed by atoms with Crippen molar-refractivity contribution in [2.24, 2.45) is 0 Å². The van der Waals surface area contributed by atoms with Gasteiger partial charge in [-0.25, -0.2) is 0 Å². The van der Waals surface area contributed by atoms with E-state index in [4.69, 9.17) is 0 Å². The van der Waals surface area contributed by atoms with E-state index in [1.165, 1.54) is 32.7 Å². The zero-order valence-electron chi connectivity index (χ0n) is 10.7. The zero-order valence-corrected chi connectivity index (χ0v) is 14.5. The topological polar surface area (TPSA) is 0 Å². The summed E-state index contributed by atoms with van der Waals surface area (Å²) < 4.78 is 0. The standard InChI is InChI=1S/C15H13.3ClH.Ti/c1-10-7-11(2)15-13(8-10)9-12-5-3-4-6-14(12)15;;;;/h3-9H,1-2H3;3*1H;/q-1;;;;+4/p-3. The van der Waals surface area contributed by atoms with Crippen molar-refractivity contribution in [3.05, 3.63) is 53.6 Å². The van der Waals surface area contributed by atoms with E-state index in [2.05, 4.69) is 56.3 Å². The molecular formula is C15H13Cl3Ti. The van der Waals surface area contributed by atoms with Crippen LogP contribution in [0.25, 0.3) is 21.5 Å². The Morgan fingerprint density at radius 1 is 0.842 bits per heavy atom. The predicted octanol–water partition coefficient (Wildman–Crippen LogP) is -4.66. The summed E-state index contributed by atoms with van der Waals surface area (Å²) in [4.78, 5) is 0. The molecule has 0 aliphatic heterocycles. The van der Waals surface area contributed by atoms with Crippen LogP contribution >= 0.6 is 0 Å². The summed E-state index contributed by atoms with van der Waals surface area (Å²) in [5.74, 6) is 0. The SMILES string of the molecule is Cc1cc(C)c2c(c1)[cH-]c1ccccc12.[Cl-].[Cl-].[Cl-].[Ti+4]. The van der Waals surface area contributed by atoms with Crippen LogP contribution in [-0.4, -0.2) is 0 Å². The van der Waals surface area contributed by atoms with E-state index in [1.54, 1.807) is 0 Å². The van der Waals surface area contributed by atoms with Crippen LogP contribution < -0.4 is 37.2 Å². The van der Waals surface area contributed by atoms with E-state index in [0.717, 1.165) is 0 Å². The Hall–Kier alpha value is -0.106. The Morgan fingerprint density at radius 2 is 1.47 bits per heavy atom. The zero-order chi connectivity index (χ0) is 10.4. The van der Waals surface area contributed by atoms with Crippen LogP contribution in [0.5, 0.6) is 0 Å². The molecule has 0 heterocycles. The van der Waals surface area contributed by atoms with E-state index >= 15 is 0 Å². The maximum atomic E-state index is 2.28. The Labute approximate surface area is 147 Å². The van der Waals surface area contributed by atoms with Gasteiger partial charge in [0.05, 0.1) is 0 Å². The summed E-state index contributed by atoms with van der Waals surface area (Å²) in [6.07, 6.45) is 0. The van der Waals surface area contributed by atoms with Gasteiger partial charge in [-0.05, 0) is 13.8 Å². The first-order chi connectivity index (χ1) is 7.25. The molecule has 0 unspecified atom stereocenters. The minimum absolute atomic E-state index is 0. The summed E-state index contributed by atoms with van der Waals surface area (Å²) >= 11 is 0. The fourth-order valence-corrected chi connectivity index (χ4v) is 2.50. The quantitative estimate of drug-likeness (QED) is 0.283. The predicted molar refractivity (Wildman–Crippen MR) is 66.5 cm³/mol. The van der Waals surface area contributed by atoms with Crippen LogP contribution in [0.2, 0.25) is 0 Å². The molecule has 0 spiro atoms. The fraction of sp³-hybridized carbons (Fsp3) is 0.133. The molecule has 0 aromatic heterocycles. The molecule has 0 nitrogen and oxygen atoms in total. The van der Waals surface area contributed by atoms with Crippen molar-refractivity contribution in [1.82, 2.24) is 0 Å². The van der Waals surface area contributed by atoms with Gasteiger partial charge in [0.25, 0.3) is 0 Å². The molecule has 0 fully saturated rings. The van der Waals surface area contributed by atoms with Gasteiger partial charge in [0.1, 0.15) is 0 Å². The van der Waals surface area contributed by atoms with Crippen LogP contribution in [0.4, 0.5) is 0 Å². The van der Waals surface area contributed by atoms with Crippen molar-refractivity contribution in [3.63, 3.8) is 0 Å². The summed E-state index contributed by atoms with van der Waals surface area (Å²) in [5.41, 5.74) is 2.72. The van der Waals surface area contributed by atoms with Gasteiger partial charge in [-0.15, -0.1) is 39.7 Å². The number of fused-ring (bicyclic) bond motifs is 3. The van der Waals surface area contributed by atoms with E-state index in [9.17, 15) is 0 Å². The maximum Gasteiger partial charge on any atom is 4.00 e. The van der Waals surface area contributed by atoms with Crippen molar-refractivity contribution < 1.29 is 58.9 Å². The molecule has 0 bridgehead atoms. The summed E-state index contributed by atoms with van der Waals surface area (Å²) in [6, 6.07) is 15.4. The molecule has 0 aliphatic carbocycles. The van der Waals surface area contributed by atoms with Crippen molar-refractivity contribution in [2.45, 2.75) is 13.8 Å². The number of aryl methyl sites for hydroxylation is 2. The van der Waals surface area contributed by atoms with Crippen molar-refractivity contribution in [2.75, 3.05) is 0 Å². The van der Waals surface area contributed by atoms with Crippen LogP contribution in [0.15, 0.2) is 42.5 Å². The smallest absolute Gasteiger partial charge is 1.00 e. The van der Waals surface area contributed by atoms with Gasteiger partial charge in [-0.3, -0.25) is 0 Å². The first-order valence-corrected chi connectivity index (χ1v) is 5.31. The minimum Gasteiger partial charge on any atom is -1.00 e. The molecule has 3 aromatic rings. The number of hydrogen-bond donors (Lipinski definition) is 0. The summed E-state index contributed by atoms with van der Waals surface area (Å²) in [6.45, 7) is 4.35. The van der Waals surface area contributed by atoms with E-state index in [0.29, 0.717) is 0 Å². The molecule has 4 heteroatoms. The fourth-order valence-electron chi connectivity index (χ4n) is 2.50. The average Bonchev–Trinajstić information content (AvgIpc) is 2.54. The Kier molecular flexibility index (Phi) is 9.19. The monoisotopic (exact) mass is 346 g/mol. The second-order valence-corrected chi connectivity index (χ2v) is 4.28. The third-order valence-corrected chi connectivity index (χ3v) is 3.05. The third kappa shape index (κ3) is 3.71. The van der Waals surface area contributed by atoms with Crippen LogP contribution in [0.3, 0.4) is 0 Å². The average molecular weight is 347 g/mol. The molecule has 0 radical (unpaired) electrons. The Balaban J connectivity index is 0. The number of hydrogen-bond acceptors (Lipinski definition) is 0. The van der Waals surface area contributed by atoms with E-state index < -0.39 is 0 Å². The molecular weight excluding hydrogens is 334 g/mol. The first kappa shape index (κ1) is 21.2. The number of rotatable bonds is 0. The number of halogens is 3. The molecule has 0 saturated heterocycles. The van der Waals surface area contributed by atoms with Gasteiger partial charge in [0.15, 0.2) is 0 Å². The molecule has 0 amide bonds. The maximum absolute atomic E-state index is 2.28. The van der Waals surface area contributed by atoms with Gasteiger partial charge < -0.3 is 37.2 Å². The third-order valence-electron chi connectivity index (χ3n) is 3.05. The van der Waals surface area contributed by atoms with Crippen molar-refractivity contribution >= 4 is 21.5 Å². The second-order valence-electron chi connectivity index (χ2n) is 4.28. The van der Waals surface area contributed by atoms with Crippen molar-refractivity contribution in [3.8, 4) is 0 Å². The Morgan fingerprint density at radius 3 is 2.16 bits per heavy atom. The van der Waals surface area contributed by atoms with Gasteiger partial charge in [-0.2, -0.15) is 0 Å². The van der Waals surface area contributed by atoms with Gasteiger partial charge >= 0.3 is 21.7 Å². The van der Waals surface area contributed by atoms with Gasteiger partial charge in [-0.1, -0.05) is 35.4 Å². The molecule has 98 valence electrons. The first-order valence-electron chi connectivity index (χ1n) is 5.31. The minimum atomic E-state index is 0. The molecule has 0 atom stereocenters. The molecule has 0 saturated carbocycles. The van der Waals surface area contributed by atoms with E-state index in [-0.39, 0.29) is 58.9 Å². The molecule has 3 aromatic carbocycles. The van der Waals surface area contributed by atoms with Crippen LogP contribution in [0, 0.1) is 13.8 Å². The van der Waals surface area contributed by atoms with Gasteiger partial charge in [0.2, 0.25) is 0 Å². The van der Waals surface area contributed by atoms with Crippen LogP contribution in [0.1, 0.15) is 11.1 Å². The largest absolute Gasteiger partial charge is 4.00 e. The van der Waals surface area contributed by atoms with E-state index in [1.807, 2.05) is 0 Å². The number of benzene rings is 2. The Bertz CT molecular complexity index is 659. The normalized spacial score (nSPS) is 8.95. The molecule has 0 N–H and O–H groups in total. The molecule has 19 heavy (non-hydrogen) atoms. The molecule has 3 rings (SSSR count). The van der Waals surface area contributed by atoms with Crippen molar-refractivity contribution in [1.29, 1.82) is 0 Å². The van der Waals surface area contributed by atoms with Crippen LogP contribution in [-0.2, 0) is 21.7 Å². The summed E-state index contributed by atoms with van der Waals surface area (Å²) in [5, 5.41) is 5.51.